The molecule has 0 aliphatic carbocycles. The van der Waals surface area contributed by atoms with Crippen molar-refractivity contribution < 1.29 is 23.9 Å². The van der Waals surface area contributed by atoms with Gasteiger partial charge in [-0.25, -0.2) is 0 Å². The van der Waals surface area contributed by atoms with E-state index in [1.165, 1.54) is 0 Å². The van der Waals surface area contributed by atoms with E-state index in [9.17, 15) is 19.2 Å². The highest BCUT2D eigenvalue weighted by molar-refractivity contribution is 6.33. The van der Waals surface area contributed by atoms with Gasteiger partial charge in [0, 0.05) is 6.42 Å². The Bertz CT molecular complexity index is 1210. The molecule has 36 heavy (non-hydrogen) atoms. The van der Waals surface area contributed by atoms with Crippen LogP contribution < -0.4 is 10.7 Å². The number of nitrogens with one attached hydrogen (secondary N) is 2. The number of ether oxygens (including phenoxy) is 1. The normalized spacial score (nSPS) is 15.0. The van der Waals surface area contributed by atoms with Gasteiger partial charge in [-0.3, -0.25) is 29.6 Å². The van der Waals surface area contributed by atoms with Gasteiger partial charge in [0.1, 0.15) is 0 Å². The van der Waals surface area contributed by atoms with Crippen LogP contribution in [0.2, 0.25) is 5.02 Å². The summed E-state index contributed by atoms with van der Waals surface area (Å²) in [6.07, 6.45) is -0.132. The highest BCUT2D eigenvalue weighted by Crippen LogP contribution is 2.26. The van der Waals surface area contributed by atoms with E-state index >= 15 is 0 Å². The standard InChI is InChI=1S/C27H24ClN3O5/c28-21-13-7-8-14-22(21)29-23(32)17-36-27(35)20-15-24(33)31(16-20)30-26(34)25(18-9-3-1-4-10-18)19-11-5-2-6-12-19/h1-14,20,25H,15-17H2,(H,29,32)(H,30,34)/t20-/m1/s1. The highest BCUT2D eigenvalue weighted by atomic mass is 35.5. The van der Waals surface area contributed by atoms with E-state index in [4.69, 9.17) is 16.3 Å². The summed E-state index contributed by atoms with van der Waals surface area (Å²) in [6, 6.07) is 25.1. The number of hydrazine groups is 1. The zero-order valence-electron chi connectivity index (χ0n) is 19.2. The summed E-state index contributed by atoms with van der Waals surface area (Å²) >= 11 is 6.01. The number of hydrogen-bond acceptors (Lipinski definition) is 5. The lowest BCUT2D eigenvalue weighted by Crippen LogP contribution is -2.45. The lowest BCUT2D eigenvalue weighted by atomic mass is 9.91. The van der Waals surface area contributed by atoms with Crippen LogP contribution in [-0.4, -0.2) is 41.9 Å². The first-order valence-electron chi connectivity index (χ1n) is 11.3. The Kier molecular flexibility index (Phi) is 7.97. The fraction of sp³-hybridized carbons (Fsp3) is 0.185. The second-order valence-corrected chi connectivity index (χ2v) is 8.68. The van der Waals surface area contributed by atoms with Crippen molar-refractivity contribution >= 4 is 41.0 Å². The van der Waals surface area contributed by atoms with E-state index in [0.717, 1.165) is 16.1 Å². The van der Waals surface area contributed by atoms with E-state index in [-0.39, 0.29) is 13.0 Å². The van der Waals surface area contributed by atoms with Gasteiger partial charge in [0.2, 0.25) is 5.91 Å². The van der Waals surface area contributed by atoms with Gasteiger partial charge in [-0.1, -0.05) is 84.4 Å². The van der Waals surface area contributed by atoms with Crippen LogP contribution >= 0.6 is 11.6 Å². The predicted molar refractivity (Wildman–Crippen MR) is 134 cm³/mol. The lowest BCUT2D eigenvalue weighted by molar-refractivity contribution is -0.151. The summed E-state index contributed by atoms with van der Waals surface area (Å²) in [5, 5.41) is 4.05. The molecule has 0 unspecified atom stereocenters. The van der Waals surface area contributed by atoms with Crippen LogP contribution in [0.25, 0.3) is 0 Å². The van der Waals surface area contributed by atoms with E-state index in [1.807, 2.05) is 60.7 Å². The summed E-state index contributed by atoms with van der Waals surface area (Å²) in [5.41, 5.74) is 4.60. The molecule has 3 aromatic rings. The number of carbonyl (C=O) groups is 4. The van der Waals surface area contributed by atoms with Crippen LogP contribution in [0.4, 0.5) is 5.69 Å². The van der Waals surface area contributed by atoms with Crippen LogP contribution in [0.15, 0.2) is 84.9 Å². The Balaban J connectivity index is 1.35. The molecular weight excluding hydrogens is 482 g/mol. The molecule has 1 heterocycles. The molecule has 2 N–H and O–H groups in total. The van der Waals surface area contributed by atoms with Gasteiger partial charge in [-0.2, -0.15) is 0 Å². The third-order valence-electron chi connectivity index (χ3n) is 5.72. The number of nitrogens with zero attached hydrogens (tertiary/aromatic N) is 1. The van der Waals surface area contributed by atoms with E-state index in [0.29, 0.717) is 10.7 Å². The van der Waals surface area contributed by atoms with Gasteiger partial charge in [0.15, 0.2) is 6.61 Å². The zero-order valence-corrected chi connectivity index (χ0v) is 20.0. The molecule has 0 bridgehead atoms. The molecule has 9 heteroatoms. The molecule has 0 radical (unpaired) electrons. The number of hydrogen-bond donors (Lipinski definition) is 2. The zero-order chi connectivity index (χ0) is 25.5. The van der Waals surface area contributed by atoms with Crippen molar-refractivity contribution in [3.63, 3.8) is 0 Å². The smallest absolute Gasteiger partial charge is 0.311 e. The molecule has 4 rings (SSSR count). The summed E-state index contributed by atoms with van der Waals surface area (Å²) < 4.78 is 5.10. The van der Waals surface area contributed by atoms with Crippen LogP contribution in [-0.2, 0) is 23.9 Å². The molecule has 1 atom stereocenters. The van der Waals surface area contributed by atoms with E-state index in [1.54, 1.807) is 24.3 Å². The first-order chi connectivity index (χ1) is 17.4. The molecule has 1 saturated heterocycles. The molecule has 3 aromatic carbocycles. The molecule has 0 saturated carbocycles. The Morgan fingerprint density at radius 2 is 1.50 bits per heavy atom. The maximum absolute atomic E-state index is 13.3. The number of rotatable bonds is 8. The van der Waals surface area contributed by atoms with E-state index < -0.39 is 42.1 Å². The summed E-state index contributed by atoms with van der Waals surface area (Å²) in [4.78, 5) is 50.4. The lowest BCUT2D eigenvalue weighted by Gasteiger charge is -2.23. The molecule has 0 aromatic heterocycles. The second-order valence-electron chi connectivity index (χ2n) is 8.27. The van der Waals surface area contributed by atoms with Crippen LogP contribution in [0.5, 0.6) is 0 Å². The minimum absolute atomic E-state index is 0.0498. The van der Waals surface area contributed by atoms with E-state index in [2.05, 4.69) is 10.7 Å². The number of benzene rings is 3. The number of para-hydroxylation sites is 1. The number of anilines is 1. The maximum atomic E-state index is 13.3. The Labute approximate surface area is 213 Å². The topological polar surface area (TPSA) is 105 Å². The van der Waals surface area contributed by atoms with Gasteiger partial charge in [0.25, 0.3) is 11.8 Å². The molecule has 0 spiro atoms. The average molecular weight is 506 g/mol. The molecule has 3 amide bonds. The van der Waals surface area contributed by atoms with Crippen molar-refractivity contribution in [2.45, 2.75) is 12.3 Å². The largest absolute Gasteiger partial charge is 0.455 e. The molecule has 1 aliphatic heterocycles. The van der Waals surface area contributed by atoms with Gasteiger partial charge >= 0.3 is 5.97 Å². The first kappa shape index (κ1) is 24.9. The summed E-state index contributed by atoms with van der Waals surface area (Å²) in [5.74, 6) is -3.51. The fourth-order valence-electron chi connectivity index (χ4n) is 3.96. The number of amides is 3. The molecule has 184 valence electrons. The van der Waals surface area contributed by atoms with Crippen LogP contribution in [0.3, 0.4) is 0 Å². The molecule has 1 fully saturated rings. The third kappa shape index (κ3) is 6.09. The molecular formula is C27H24ClN3O5. The van der Waals surface area contributed by atoms with Crippen LogP contribution in [0.1, 0.15) is 23.5 Å². The van der Waals surface area contributed by atoms with Crippen molar-refractivity contribution in [3.05, 3.63) is 101 Å². The van der Waals surface area contributed by atoms with Gasteiger partial charge < -0.3 is 10.1 Å². The number of esters is 1. The Hall–Kier alpha value is -4.17. The van der Waals surface area contributed by atoms with Crippen molar-refractivity contribution in [3.8, 4) is 0 Å². The van der Waals surface area contributed by atoms with Gasteiger partial charge in [-0.05, 0) is 23.3 Å². The van der Waals surface area contributed by atoms with Crippen molar-refractivity contribution in [1.82, 2.24) is 10.4 Å². The monoisotopic (exact) mass is 505 g/mol. The van der Waals surface area contributed by atoms with Gasteiger partial charge in [0.05, 0.1) is 29.1 Å². The third-order valence-corrected chi connectivity index (χ3v) is 6.05. The molecule has 1 aliphatic rings. The quantitative estimate of drug-likeness (QED) is 0.456. The van der Waals surface area contributed by atoms with Crippen molar-refractivity contribution in [2.75, 3.05) is 18.5 Å². The number of carbonyl (C=O) groups excluding carboxylic acids is 4. The SMILES string of the molecule is O=C(COC(=O)[C@@H]1CC(=O)N(NC(=O)C(c2ccccc2)c2ccccc2)C1)Nc1ccccc1Cl. The number of halogens is 1. The Morgan fingerprint density at radius 1 is 0.917 bits per heavy atom. The highest BCUT2D eigenvalue weighted by Gasteiger charge is 2.37. The van der Waals surface area contributed by atoms with Gasteiger partial charge in [-0.15, -0.1) is 0 Å². The maximum Gasteiger partial charge on any atom is 0.311 e. The minimum Gasteiger partial charge on any atom is -0.455 e. The fourth-order valence-corrected chi connectivity index (χ4v) is 4.14. The van der Waals surface area contributed by atoms with Crippen LogP contribution in [0, 0.1) is 5.92 Å². The first-order valence-corrected chi connectivity index (χ1v) is 11.7. The summed E-state index contributed by atoms with van der Waals surface area (Å²) in [6.45, 7) is -0.572. The summed E-state index contributed by atoms with van der Waals surface area (Å²) in [7, 11) is 0. The van der Waals surface area contributed by atoms with Crippen molar-refractivity contribution in [2.24, 2.45) is 5.92 Å². The average Bonchev–Trinajstić information content (AvgIpc) is 3.25. The Morgan fingerprint density at radius 3 is 2.11 bits per heavy atom. The minimum atomic E-state index is -0.808. The second kappa shape index (κ2) is 11.5. The predicted octanol–water partition coefficient (Wildman–Crippen LogP) is 3.53. The van der Waals surface area contributed by atoms with Crippen molar-refractivity contribution in [1.29, 1.82) is 0 Å². The molecule has 8 nitrogen and oxygen atoms in total.